The van der Waals surface area contributed by atoms with Gasteiger partial charge in [0.25, 0.3) is 0 Å². The van der Waals surface area contributed by atoms with E-state index in [4.69, 9.17) is 9.84 Å². The Balaban J connectivity index is 4.47. The van der Waals surface area contributed by atoms with Crippen molar-refractivity contribution in [1.29, 1.82) is 0 Å². The molecule has 0 aromatic heterocycles. The van der Waals surface area contributed by atoms with Gasteiger partial charge in [0.2, 0.25) is 0 Å². The molecule has 0 bridgehead atoms. The van der Waals surface area contributed by atoms with Gasteiger partial charge in [-0.25, -0.2) is 4.79 Å². The molecule has 0 saturated carbocycles. The van der Waals surface area contributed by atoms with Crippen molar-refractivity contribution in [2.75, 3.05) is 0 Å². The first-order chi connectivity index (χ1) is 8.03. The molecule has 0 unspecified atom stereocenters. The molecule has 5 nitrogen and oxygen atoms in total. The highest BCUT2D eigenvalue weighted by Crippen LogP contribution is 2.16. The second kappa shape index (κ2) is 6.61. The zero-order valence-corrected chi connectivity index (χ0v) is 12.1. The maximum absolute atomic E-state index is 11.6. The van der Waals surface area contributed by atoms with E-state index in [2.05, 4.69) is 5.32 Å². The third-order valence-corrected chi connectivity index (χ3v) is 2.39. The van der Waals surface area contributed by atoms with Gasteiger partial charge in [-0.05, 0) is 40.0 Å². The minimum atomic E-state index is -0.896. The van der Waals surface area contributed by atoms with E-state index in [9.17, 15) is 9.59 Å². The molecule has 106 valence electrons. The lowest BCUT2D eigenvalue weighted by Crippen LogP contribution is -2.44. The van der Waals surface area contributed by atoms with E-state index >= 15 is 0 Å². The summed E-state index contributed by atoms with van der Waals surface area (Å²) in [6.07, 6.45) is -0.0586. The number of carboxylic acid groups (broad SMARTS) is 1. The van der Waals surface area contributed by atoms with E-state index in [0.29, 0.717) is 6.42 Å². The van der Waals surface area contributed by atoms with Crippen LogP contribution in [0.1, 0.15) is 48.0 Å². The number of hydrogen-bond donors (Lipinski definition) is 2. The molecule has 18 heavy (non-hydrogen) atoms. The van der Waals surface area contributed by atoms with Crippen molar-refractivity contribution in [2.45, 2.75) is 59.6 Å². The van der Waals surface area contributed by atoms with Crippen LogP contribution in [0, 0.1) is 11.8 Å². The maximum Gasteiger partial charge on any atom is 0.407 e. The number of carboxylic acids is 1. The lowest BCUT2D eigenvalue weighted by molar-refractivity contribution is -0.143. The van der Waals surface area contributed by atoms with Gasteiger partial charge in [0.05, 0.1) is 5.92 Å². The largest absolute Gasteiger partial charge is 0.481 e. The van der Waals surface area contributed by atoms with Gasteiger partial charge in [-0.3, -0.25) is 4.79 Å². The monoisotopic (exact) mass is 259 g/mol. The topological polar surface area (TPSA) is 75.6 Å². The molecule has 0 rings (SSSR count). The summed E-state index contributed by atoms with van der Waals surface area (Å²) in [5, 5.41) is 11.7. The number of carbonyl (C=O) groups excluding carboxylic acids is 1. The van der Waals surface area contributed by atoms with Crippen LogP contribution in [-0.2, 0) is 9.53 Å². The Morgan fingerprint density at radius 2 is 1.72 bits per heavy atom. The molecular formula is C13H25NO4. The van der Waals surface area contributed by atoms with E-state index < -0.39 is 29.6 Å². The standard InChI is InChI=1S/C13H25NO4/c1-8(2)7-10(11(15)16)9(3)14-12(17)18-13(4,5)6/h8-10H,7H2,1-6H3,(H,14,17)(H,15,16)/t9-,10-/m1/s1. The minimum absolute atomic E-state index is 0.258. The van der Waals surface area contributed by atoms with Crippen LogP contribution in [0.5, 0.6) is 0 Å². The number of hydrogen-bond acceptors (Lipinski definition) is 3. The van der Waals surface area contributed by atoms with E-state index in [1.165, 1.54) is 0 Å². The summed E-state index contributed by atoms with van der Waals surface area (Å²) < 4.78 is 5.10. The molecule has 0 aromatic rings. The summed E-state index contributed by atoms with van der Waals surface area (Å²) in [6.45, 7) is 10.9. The highest BCUT2D eigenvalue weighted by molar-refractivity contribution is 5.73. The Labute approximate surface area is 109 Å². The Morgan fingerprint density at radius 1 is 1.22 bits per heavy atom. The van der Waals surface area contributed by atoms with E-state index in [1.54, 1.807) is 27.7 Å². The number of rotatable bonds is 5. The maximum atomic E-state index is 11.6. The fraction of sp³-hybridized carbons (Fsp3) is 0.846. The van der Waals surface area contributed by atoms with Crippen LogP contribution in [0.2, 0.25) is 0 Å². The molecule has 0 radical (unpaired) electrons. The van der Waals surface area contributed by atoms with Crippen molar-refractivity contribution >= 4 is 12.1 Å². The molecule has 0 aliphatic heterocycles. The first-order valence-corrected chi connectivity index (χ1v) is 6.25. The van der Waals surface area contributed by atoms with Gasteiger partial charge in [-0.15, -0.1) is 0 Å². The van der Waals surface area contributed by atoms with Gasteiger partial charge in [0, 0.05) is 6.04 Å². The minimum Gasteiger partial charge on any atom is -0.481 e. The fourth-order valence-electron chi connectivity index (χ4n) is 1.62. The smallest absolute Gasteiger partial charge is 0.407 e. The highest BCUT2D eigenvalue weighted by Gasteiger charge is 2.28. The molecule has 5 heteroatoms. The zero-order chi connectivity index (χ0) is 14.5. The van der Waals surface area contributed by atoms with Gasteiger partial charge >= 0.3 is 12.1 Å². The summed E-state index contributed by atoms with van der Waals surface area (Å²) in [4.78, 5) is 22.7. The normalized spacial score (nSPS) is 15.1. The van der Waals surface area contributed by atoms with Crippen LogP contribution < -0.4 is 5.32 Å². The number of ether oxygens (including phenoxy) is 1. The number of aliphatic carboxylic acids is 1. The lowest BCUT2D eigenvalue weighted by atomic mass is 9.91. The van der Waals surface area contributed by atoms with Crippen molar-refractivity contribution in [3.8, 4) is 0 Å². The van der Waals surface area contributed by atoms with Crippen LogP contribution in [0.4, 0.5) is 4.79 Å². The van der Waals surface area contributed by atoms with E-state index in [1.807, 2.05) is 13.8 Å². The summed E-state index contributed by atoms with van der Waals surface area (Å²) in [5.41, 5.74) is -0.583. The number of alkyl carbamates (subject to hydrolysis) is 1. The molecule has 2 N–H and O–H groups in total. The Kier molecular flexibility index (Phi) is 6.15. The van der Waals surface area contributed by atoms with Crippen molar-refractivity contribution in [3.63, 3.8) is 0 Å². The summed E-state index contributed by atoms with van der Waals surface area (Å²) >= 11 is 0. The van der Waals surface area contributed by atoms with Crippen molar-refractivity contribution in [2.24, 2.45) is 11.8 Å². The van der Waals surface area contributed by atoms with Gasteiger partial charge in [0.15, 0.2) is 0 Å². The van der Waals surface area contributed by atoms with Gasteiger partial charge in [-0.1, -0.05) is 13.8 Å². The molecule has 0 aromatic carbocycles. The quantitative estimate of drug-likeness (QED) is 0.795. The highest BCUT2D eigenvalue weighted by atomic mass is 16.6. The summed E-state index contributed by atoms with van der Waals surface area (Å²) in [5.74, 6) is -1.24. The third-order valence-electron chi connectivity index (χ3n) is 2.39. The molecule has 0 spiro atoms. The van der Waals surface area contributed by atoms with Crippen molar-refractivity contribution < 1.29 is 19.4 Å². The summed E-state index contributed by atoms with van der Waals surface area (Å²) in [6, 6.07) is -0.459. The molecule has 0 heterocycles. The molecule has 2 atom stereocenters. The molecule has 0 aliphatic carbocycles. The SMILES string of the molecule is CC(C)C[C@@H](C(=O)O)[C@@H](C)NC(=O)OC(C)(C)C. The van der Waals surface area contributed by atoms with Gasteiger partial charge in [0.1, 0.15) is 5.60 Å². The number of nitrogens with one attached hydrogen (secondary N) is 1. The Bertz CT molecular complexity index is 294. The predicted molar refractivity (Wildman–Crippen MR) is 69.4 cm³/mol. The predicted octanol–water partition coefficient (Wildman–Crippen LogP) is 2.65. The van der Waals surface area contributed by atoms with Crippen molar-refractivity contribution in [1.82, 2.24) is 5.32 Å². The average Bonchev–Trinajstić information content (AvgIpc) is 2.09. The Morgan fingerprint density at radius 3 is 2.06 bits per heavy atom. The third kappa shape index (κ3) is 7.14. The molecule has 1 amide bonds. The van der Waals surface area contributed by atoms with Gasteiger partial charge < -0.3 is 15.2 Å². The van der Waals surface area contributed by atoms with E-state index in [0.717, 1.165) is 0 Å². The van der Waals surface area contributed by atoms with Crippen molar-refractivity contribution in [3.05, 3.63) is 0 Å². The van der Waals surface area contributed by atoms with Crippen LogP contribution in [0.25, 0.3) is 0 Å². The zero-order valence-electron chi connectivity index (χ0n) is 12.1. The van der Waals surface area contributed by atoms with E-state index in [-0.39, 0.29) is 5.92 Å². The van der Waals surface area contributed by atoms with Crippen LogP contribution >= 0.6 is 0 Å². The first kappa shape index (κ1) is 16.7. The van der Waals surface area contributed by atoms with Crippen LogP contribution in [0.3, 0.4) is 0 Å². The second-order valence-electron chi connectivity index (χ2n) is 6.01. The average molecular weight is 259 g/mol. The number of amides is 1. The lowest BCUT2D eigenvalue weighted by Gasteiger charge is -2.25. The molecule has 0 aliphatic rings. The summed E-state index contributed by atoms with van der Waals surface area (Å²) in [7, 11) is 0. The van der Waals surface area contributed by atoms with Crippen LogP contribution in [-0.4, -0.2) is 28.8 Å². The number of carbonyl (C=O) groups is 2. The Hall–Kier alpha value is -1.26. The molecular weight excluding hydrogens is 234 g/mol. The molecule has 0 fully saturated rings. The fourth-order valence-corrected chi connectivity index (χ4v) is 1.62. The second-order valence-corrected chi connectivity index (χ2v) is 6.01. The van der Waals surface area contributed by atoms with Gasteiger partial charge in [-0.2, -0.15) is 0 Å². The first-order valence-electron chi connectivity index (χ1n) is 6.25. The van der Waals surface area contributed by atoms with Crippen LogP contribution in [0.15, 0.2) is 0 Å². The molecule has 0 saturated heterocycles.